The molecule has 2 aromatic heterocycles. The molecule has 280 valence electrons. The first-order valence-electron chi connectivity index (χ1n) is 18.1. The van der Waals surface area contributed by atoms with Gasteiger partial charge < -0.3 is 19.7 Å². The fraction of sp³-hybridized carbons (Fsp3) is 0.400. The Hall–Kier alpha value is -5.42. The number of hydrogen-bond donors (Lipinski definition) is 1. The van der Waals surface area contributed by atoms with Crippen LogP contribution in [0.2, 0.25) is 0 Å². The Balaban J connectivity index is 1.31. The molecule has 2 fully saturated rings. The monoisotopic (exact) mass is 741 g/mol. The summed E-state index contributed by atoms with van der Waals surface area (Å²) in [5, 5.41) is 7.99. The van der Waals surface area contributed by atoms with E-state index in [1.54, 1.807) is 22.9 Å². The summed E-state index contributed by atoms with van der Waals surface area (Å²) in [5.74, 6) is -0.963. The normalized spacial score (nSPS) is 19.9. The van der Waals surface area contributed by atoms with Gasteiger partial charge in [-0.15, -0.1) is 6.42 Å². The molecule has 5 heterocycles. The van der Waals surface area contributed by atoms with Crippen LogP contribution in [0.15, 0.2) is 36.4 Å². The van der Waals surface area contributed by atoms with Gasteiger partial charge in [-0.25, -0.2) is 17.6 Å². The number of carbonyl (C=O) groups is 1. The lowest BCUT2D eigenvalue weighted by Gasteiger charge is -2.31. The first kappa shape index (κ1) is 35.6. The van der Waals surface area contributed by atoms with Crippen LogP contribution in [0, 0.1) is 29.8 Å². The van der Waals surface area contributed by atoms with Gasteiger partial charge >= 0.3 is 6.01 Å². The van der Waals surface area contributed by atoms with E-state index in [0.717, 1.165) is 19.4 Å². The van der Waals surface area contributed by atoms with Crippen molar-refractivity contribution in [2.75, 3.05) is 38.3 Å². The third-order valence-corrected chi connectivity index (χ3v) is 10.8. The molecule has 8 rings (SSSR count). The summed E-state index contributed by atoms with van der Waals surface area (Å²) in [5.41, 5.74) is -0.533. The van der Waals surface area contributed by atoms with E-state index in [2.05, 4.69) is 26.2 Å². The average molecular weight is 742 g/mol. The van der Waals surface area contributed by atoms with Crippen molar-refractivity contribution in [3.8, 4) is 35.2 Å². The zero-order chi connectivity index (χ0) is 37.9. The van der Waals surface area contributed by atoms with Crippen molar-refractivity contribution in [3.05, 3.63) is 70.8 Å². The number of nitrogens with zero attached hydrogens (tertiary/aromatic N) is 6. The number of aryl methyl sites for hydroxylation is 1. The van der Waals surface area contributed by atoms with Crippen LogP contribution in [0.5, 0.6) is 11.8 Å². The zero-order valence-electron chi connectivity index (χ0n) is 30.2. The number of halogens is 4. The minimum Gasteiger partial charge on any atom is -0.493 e. The van der Waals surface area contributed by atoms with E-state index < -0.39 is 34.7 Å². The second-order valence-electron chi connectivity index (χ2n) is 14.6. The fourth-order valence-corrected chi connectivity index (χ4v) is 8.40. The number of alkyl halides is 1. The molecule has 1 unspecified atom stereocenters. The Morgan fingerprint density at radius 3 is 2.70 bits per heavy atom. The number of carbonyl (C=O) groups excluding carboxylic acids is 1. The van der Waals surface area contributed by atoms with E-state index >= 15 is 13.2 Å². The maximum absolute atomic E-state index is 17.3. The molecule has 5 aromatic rings. The van der Waals surface area contributed by atoms with Crippen molar-refractivity contribution in [1.82, 2.24) is 30.0 Å². The molecule has 3 aliphatic heterocycles. The first-order chi connectivity index (χ1) is 26.0. The number of rotatable bonds is 8. The molecule has 10 nitrogen and oxygen atoms in total. The molecular formula is C40H39F4N7O3. The summed E-state index contributed by atoms with van der Waals surface area (Å²) in [6.07, 6.45) is 7.19. The highest BCUT2D eigenvalue weighted by molar-refractivity contribution is 6.05. The Bertz CT molecular complexity index is 2360. The molecule has 3 aliphatic rings. The minimum absolute atomic E-state index is 0.0177. The predicted molar refractivity (Wildman–Crippen MR) is 196 cm³/mol. The number of fused-ring (bicyclic) bond motifs is 4. The fourth-order valence-electron chi connectivity index (χ4n) is 8.40. The molecule has 54 heavy (non-hydrogen) atoms. The van der Waals surface area contributed by atoms with Gasteiger partial charge in [0.05, 0.1) is 41.4 Å². The van der Waals surface area contributed by atoms with Crippen LogP contribution in [0.3, 0.4) is 0 Å². The third-order valence-electron chi connectivity index (χ3n) is 10.8. The lowest BCUT2D eigenvalue weighted by molar-refractivity contribution is 0.0937. The van der Waals surface area contributed by atoms with E-state index in [1.165, 1.54) is 25.3 Å². The summed E-state index contributed by atoms with van der Waals surface area (Å²) >= 11 is 0. The molecule has 1 amide bonds. The molecule has 0 aliphatic carbocycles. The maximum atomic E-state index is 17.3. The van der Waals surface area contributed by atoms with Gasteiger partial charge in [-0.3, -0.25) is 14.4 Å². The van der Waals surface area contributed by atoms with Crippen LogP contribution in [-0.4, -0.2) is 81.7 Å². The highest BCUT2D eigenvalue weighted by atomic mass is 19.1. The zero-order valence-corrected chi connectivity index (χ0v) is 30.2. The number of aromatic nitrogens is 4. The number of hydrogen-bond acceptors (Lipinski definition) is 8. The van der Waals surface area contributed by atoms with Crippen LogP contribution in [0.4, 0.5) is 23.4 Å². The van der Waals surface area contributed by atoms with Crippen molar-refractivity contribution in [1.29, 1.82) is 0 Å². The number of ether oxygens (including phenoxy) is 2. The Morgan fingerprint density at radius 2 is 1.93 bits per heavy atom. The summed E-state index contributed by atoms with van der Waals surface area (Å²) in [6, 6.07) is 8.88. The molecule has 2 saturated heterocycles. The van der Waals surface area contributed by atoms with Gasteiger partial charge in [-0.05, 0) is 62.7 Å². The molecule has 2 atom stereocenters. The molecule has 0 bridgehead atoms. The summed E-state index contributed by atoms with van der Waals surface area (Å²) in [6.45, 7) is 5.89. The van der Waals surface area contributed by atoms with Crippen LogP contribution >= 0.6 is 0 Å². The van der Waals surface area contributed by atoms with Gasteiger partial charge in [0.15, 0.2) is 23.1 Å². The summed E-state index contributed by atoms with van der Waals surface area (Å²) < 4.78 is 77.8. The first-order valence-corrected chi connectivity index (χ1v) is 18.1. The number of nitrogens with one attached hydrogen (secondary N) is 1. The topological polar surface area (TPSA) is 97.6 Å². The number of benzene rings is 3. The van der Waals surface area contributed by atoms with Gasteiger partial charge in [0.2, 0.25) is 0 Å². The third kappa shape index (κ3) is 5.95. The number of anilines is 1. The van der Waals surface area contributed by atoms with Crippen LogP contribution < -0.4 is 19.7 Å². The van der Waals surface area contributed by atoms with Gasteiger partial charge in [0, 0.05) is 37.5 Å². The minimum atomic E-state index is -1.05. The van der Waals surface area contributed by atoms with E-state index in [0.29, 0.717) is 43.6 Å². The SMILES string of the molecule is C#Cc1c(F)ccc2cccc(-c3c(F)c(OC)c4c(N5CCCn6nc(C(=O)NC(C)C)cc6C5)nc(OCC56CCCN5C[C@H](F)C6)nc4c3F)c12. The van der Waals surface area contributed by atoms with Gasteiger partial charge in [0.25, 0.3) is 5.91 Å². The number of terminal acetylenes is 1. The summed E-state index contributed by atoms with van der Waals surface area (Å²) in [7, 11) is 1.27. The Morgan fingerprint density at radius 1 is 1.09 bits per heavy atom. The molecule has 0 radical (unpaired) electrons. The van der Waals surface area contributed by atoms with Crippen molar-refractivity contribution >= 4 is 33.4 Å². The highest BCUT2D eigenvalue weighted by Crippen LogP contribution is 2.46. The maximum Gasteiger partial charge on any atom is 0.319 e. The second kappa shape index (κ2) is 13.8. The van der Waals surface area contributed by atoms with Crippen molar-refractivity contribution in [2.24, 2.45) is 0 Å². The quantitative estimate of drug-likeness (QED) is 0.141. The molecule has 14 heteroatoms. The Kier molecular flexibility index (Phi) is 9.08. The van der Waals surface area contributed by atoms with E-state index in [9.17, 15) is 9.18 Å². The molecule has 0 saturated carbocycles. The largest absolute Gasteiger partial charge is 0.493 e. The van der Waals surface area contributed by atoms with Crippen LogP contribution in [0.25, 0.3) is 32.8 Å². The second-order valence-corrected chi connectivity index (χ2v) is 14.6. The lowest BCUT2D eigenvalue weighted by Crippen LogP contribution is -2.43. The highest BCUT2D eigenvalue weighted by Gasteiger charge is 2.49. The average Bonchev–Trinajstić information content (AvgIpc) is 3.78. The Labute approximate surface area is 309 Å². The van der Waals surface area contributed by atoms with Crippen molar-refractivity contribution in [2.45, 2.75) is 70.4 Å². The molecular weight excluding hydrogens is 702 g/mol. The standard InChI is InChI=1S/C40H39F4N7O3/c1-5-26-28(42)12-11-23-9-6-10-27(30(23)26)31-33(43)35-32(36(53-4)34(31)44)37(47-39(46-35)54-21-40-13-7-15-50(40)19-24(41)18-40)49-14-8-16-51-25(20-49)17-29(48-51)38(52)45-22(2)3/h1,6,9-12,17,22,24H,7-8,13-16,18-21H2,2-4H3,(H,45,52)/t24-,40?/m1/s1. The van der Waals surface area contributed by atoms with E-state index in [-0.39, 0.29) is 75.8 Å². The predicted octanol–water partition coefficient (Wildman–Crippen LogP) is 6.56. The van der Waals surface area contributed by atoms with E-state index in [4.69, 9.17) is 20.9 Å². The molecule has 3 aromatic carbocycles. The van der Waals surface area contributed by atoms with Crippen molar-refractivity contribution < 1.29 is 31.8 Å². The van der Waals surface area contributed by atoms with Crippen LogP contribution in [-0.2, 0) is 13.1 Å². The summed E-state index contributed by atoms with van der Waals surface area (Å²) in [4.78, 5) is 26.1. The van der Waals surface area contributed by atoms with Crippen LogP contribution in [0.1, 0.15) is 61.3 Å². The van der Waals surface area contributed by atoms with Crippen molar-refractivity contribution in [3.63, 3.8) is 0 Å². The van der Waals surface area contributed by atoms with E-state index in [1.807, 2.05) is 18.7 Å². The smallest absolute Gasteiger partial charge is 0.319 e. The van der Waals surface area contributed by atoms with Gasteiger partial charge in [-0.1, -0.05) is 30.2 Å². The number of amides is 1. The molecule has 1 N–H and O–H groups in total. The molecule has 0 spiro atoms. The lowest BCUT2D eigenvalue weighted by atomic mass is 9.92. The van der Waals surface area contributed by atoms with Gasteiger partial charge in [0.1, 0.15) is 29.9 Å². The number of methoxy groups -OCH3 is 1. The van der Waals surface area contributed by atoms with Gasteiger partial charge in [-0.2, -0.15) is 15.1 Å².